The summed E-state index contributed by atoms with van der Waals surface area (Å²) in [5.74, 6) is -1.33. The van der Waals surface area contributed by atoms with Crippen LogP contribution in [0.4, 0.5) is 0 Å². The number of ketones is 1. The highest BCUT2D eigenvalue weighted by atomic mass is 32.2. The fraction of sp³-hybridized carbons (Fsp3) is 0.558. The van der Waals surface area contributed by atoms with E-state index in [1.54, 1.807) is 30.1 Å². The predicted octanol–water partition coefficient (Wildman–Crippen LogP) is 6.64. The molecule has 298 valence electrons. The third-order valence-corrected chi connectivity index (χ3v) is 17.1. The number of pyridine rings is 1. The van der Waals surface area contributed by atoms with Crippen molar-refractivity contribution < 1.29 is 23.9 Å². The topological polar surface area (TPSA) is 130 Å². The maximum Gasteiger partial charge on any atom is 0.324 e. The molecule has 6 aliphatic rings. The molecule has 1 N–H and O–H groups in total. The van der Waals surface area contributed by atoms with Crippen LogP contribution in [0.3, 0.4) is 0 Å². The van der Waals surface area contributed by atoms with Crippen LogP contribution in [0.25, 0.3) is 27.9 Å². The van der Waals surface area contributed by atoms with Crippen molar-refractivity contribution in [2.45, 2.75) is 93.8 Å². The molecule has 1 amide bonds. The van der Waals surface area contributed by atoms with E-state index in [0.29, 0.717) is 48.2 Å². The van der Waals surface area contributed by atoms with Gasteiger partial charge in [-0.25, -0.2) is 5.43 Å². The summed E-state index contributed by atoms with van der Waals surface area (Å²) < 4.78 is 14.2. The molecule has 2 aromatic heterocycles. The number of aromatic nitrogens is 2. The number of amides is 1. The average molecular weight is 823 g/mol. The number of nitriles is 1. The van der Waals surface area contributed by atoms with E-state index >= 15 is 4.79 Å². The number of rotatable bonds is 6. The maximum absolute atomic E-state index is 15.1. The number of nitrogens with one attached hydrogen (secondary N) is 1. The number of hydrogen-bond acceptors (Lipinski definition) is 11. The Hall–Kier alpha value is -3.61. The number of ether oxygens (including phenoxy) is 2. The molecule has 4 fully saturated rings. The van der Waals surface area contributed by atoms with Crippen molar-refractivity contribution in [3.8, 4) is 17.3 Å². The molecule has 14 heteroatoms. The van der Waals surface area contributed by atoms with E-state index in [1.165, 1.54) is 0 Å². The molecule has 1 spiro atoms. The molecule has 57 heavy (non-hydrogen) atoms. The summed E-state index contributed by atoms with van der Waals surface area (Å²) in [5, 5.41) is 14.7. The van der Waals surface area contributed by atoms with E-state index in [0.717, 1.165) is 57.6 Å². The summed E-state index contributed by atoms with van der Waals surface area (Å²) in [4.78, 5) is 50.5. The van der Waals surface area contributed by atoms with E-state index in [2.05, 4.69) is 78.5 Å². The molecular weight excluding hydrogens is 773 g/mol. The zero-order valence-corrected chi connectivity index (χ0v) is 35.9. The van der Waals surface area contributed by atoms with E-state index in [4.69, 9.17) is 27.1 Å². The Kier molecular flexibility index (Phi) is 9.95. The number of thioether (sulfide) groups is 1. The minimum Gasteiger partial charge on any atom is -0.464 e. The minimum atomic E-state index is -0.893. The second-order valence-electron chi connectivity index (χ2n) is 17.5. The summed E-state index contributed by atoms with van der Waals surface area (Å²) >= 11 is 6.47. The number of methoxy groups -OCH3 is 1. The Morgan fingerprint density at radius 3 is 2.81 bits per heavy atom. The summed E-state index contributed by atoms with van der Waals surface area (Å²) in [6.45, 7) is 7.78. The molecule has 9 atom stereocenters. The van der Waals surface area contributed by atoms with Crippen LogP contribution < -0.4 is 5.43 Å². The highest BCUT2D eigenvalue weighted by molar-refractivity contribution is 8.03. The lowest BCUT2D eigenvalue weighted by atomic mass is 9.52. The number of hydrogen-bond donors (Lipinski definition) is 2. The van der Waals surface area contributed by atoms with Gasteiger partial charge < -0.3 is 18.9 Å². The molecule has 1 aromatic carbocycles. The van der Waals surface area contributed by atoms with Crippen LogP contribution in [0.2, 0.25) is 11.1 Å². The van der Waals surface area contributed by atoms with Crippen LogP contribution in [-0.4, -0.2) is 85.4 Å². The van der Waals surface area contributed by atoms with Gasteiger partial charge in [-0.15, -0.1) is 24.4 Å². The molecule has 2 aliphatic carbocycles. The van der Waals surface area contributed by atoms with Gasteiger partial charge in [0.2, 0.25) is 5.91 Å². The molecule has 4 aliphatic heterocycles. The third-order valence-electron chi connectivity index (χ3n) is 13.6. The quantitative estimate of drug-likeness (QED) is 0.121. The highest BCUT2D eigenvalue weighted by Crippen LogP contribution is 2.78. The van der Waals surface area contributed by atoms with Crippen molar-refractivity contribution in [1.29, 1.82) is 5.26 Å². The van der Waals surface area contributed by atoms with Crippen LogP contribution >= 0.6 is 24.4 Å². The zero-order valence-electron chi connectivity index (χ0n) is 33.2. The van der Waals surface area contributed by atoms with Gasteiger partial charge >= 0.3 is 5.97 Å². The van der Waals surface area contributed by atoms with Gasteiger partial charge in [0.25, 0.3) is 0 Å². The number of cyclic esters (lactones) is 1. The first-order valence-corrected chi connectivity index (χ1v) is 22.9. The van der Waals surface area contributed by atoms with Crippen molar-refractivity contribution in [2.24, 2.45) is 28.6 Å². The standard InChI is InChI=1S/C43H50N6O5S2Si/c1-6-48-30-14-12-23-17-27(30)28(35(48)26-9-7-15-45-34(26)40(55)53-5)18-42(2,3)22-54-39(51)29-10-8-16-49(46-29)41(52)43(19-32-47(4)31(23)21-56-32)33(37-38(43)57-37)36(50)25-13-11-24(25)20-44/h7,9,12,14-15,17,21,24-25,29,32-33,37-38,40,46,55H,6,8,10-11,13,16,18-19,22H2,1-5H3/t24?,25?,29-,32?,33?,37-,38?,40-,43+/m0/s1. The van der Waals surface area contributed by atoms with Gasteiger partial charge in [-0.05, 0) is 97.3 Å². The Labute approximate surface area is 346 Å². The number of benzene rings is 1. The molecule has 11 nitrogen and oxygen atoms in total. The molecule has 2 saturated carbocycles. The van der Waals surface area contributed by atoms with Crippen molar-refractivity contribution in [1.82, 2.24) is 24.9 Å². The summed E-state index contributed by atoms with van der Waals surface area (Å²) in [7, 11) is 4.28. The third kappa shape index (κ3) is 6.21. The number of thiol groups is 1. The van der Waals surface area contributed by atoms with Gasteiger partial charge in [0.15, 0.2) is 0 Å². The van der Waals surface area contributed by atoms with Crippen molar-refractivity contribution in [3.05, 3.63) is 58.8 Å². The van der Waals surface area contributed by atoms with Gasteiger partial charge in [0.1, 0.15) is 17.3 Å². The fourth-order valence-electron chi connectivity index (χ4n) is 10.4. The smallest absolute Gasteiger partial charge is 0.324 e. The number of carbonyl (C=O) groups excluding carboxylic acids is 3. The second-order valence-corrected chi connectivity index (χ2v) is 20.6. The predicted molar refractivity (Wildman–Crippen MR) is 224 cm³/mol. The minimum absolute atomic E-state index is 0.0764. The van der Waals surface area contributed by atoms with Crippen LogP contribution in [0.1, 0.15) is 75.1 Å². The largest absolute Gasteiger partial charge is 0.464 e. The van der Waals surface area contributed by atoms with Crippen LogP contribution in [0.15, 0.2) is 41.9 Å². The van der Waals surface area contributed by atoms with E-state index in [1.807, 2.05) is 6.07 Å². The molecule has 3 aromatic rings. The number of hydrazine groups is 1. The number of nitrogens with zero attached hydrogens (tertiary/aromatic N) is 5. The zero-order chi connectivity index (χ0) is 40.0. The van der Waals surface area contributed by atoms with Gasteiger partial charge in [-0.3, -0.25) is 24.4 Å². The van der Waals surface area contributed by atoms with E-state index < -0.39 is 28.2 Å². The Balaban J connectivity index is 1.16. The SMILES string of the molecule is CCn1c(-c2cccnc2[C@H](S)OC)c2c3cc(ccc31)C1=CSC(C[C@]3(C(=O)N4CCC[C@H](N4)C(=O)OCC(C)(C)C2)C2[Si][C@H]2C3C(=O)C2CCC2C#N)N1C. The fourth-order valence-corrected chi connectivity index (χ4v) is 14.0. The van der Waals surface area contributed by atoms with Gasteiger partial charge in [-0.2, -0.15) is 5.26 Å². The van der Waals surface area contributed by atoms with Crippen LogP contribution in [0.5, 0.6) is 0 Å². The van der Waals surface area contributed by atoms with E-state index in [-0.39, 0.29) is 52.6 Å². The molecular formula is C43H50N6O5S2Si. The Bertz CT molecular complexity index is 2240. The van der Waals surface area contributed by atoms with Gasteiger partial charge in [0, 0.05) is 76.7 Å². The number of Topliss-reactive ketones (excluding diaryl/α,β-unsaturated/α-hetero) is 1. The molecule has 5 unspecified atom stereocenters. The van der Waals surface area contributed by atoms with Crippen molar-refractivity contribution in [2.75, 3.05) is 27.3 Å². The van der Waals surface area contributed by atoms with Gasteiger partial charge in [-0.1, -0.05) is 19.9 Å². The number of esters is 1. The molecule has 6 bridgehead atoms. The lowest BCUT2D eigenvalue weighted by Gasteiger charge is -2.53. The maximum atomic E-state index is 15.1. The number of aryl methyl sites for hydroxylation is 1. The molecule has 6 heterocycles. The second kappa shape index (κ2) is 14.6. The summed E-state index contributed by atoms with van der Waals surface area (Å²) in [6, 6.07) is 12.4. The first-order valence-electron chi connectivity index (χ1n) is 20.3. The van der Waals surface area contributed by atoms with Crippen LogP contribution in [0, 0.1) is 39.9 Å². The highest BCUT2D eigenvalue weighted by Gasteiger charge is 2.78. The Morgan fingerprint density at radius 1 is 1.25 bits per heavy atom. The van der Waals surface area contributed by atoms with Crippen molar-refractivity contribution in [3.63, 3.8) is 0 Å². The first-order chi connectivity index (χ1) is 27.4. The molecule has 9 rings (SSSR count). The van der Waals surface area contributed by atoms with Gasteiger partial charge in [0.05, 0.1) is 46.5 Å². The summed E-state index contributed by atoms with van der Waals surface area (Å²) in [6.07, 6.45) is 5.55. The average Bonchev–Trinajstić information content (AvgIpc) is 3.70. The monoisotopic (exact) mass is 822 g/mol. The number of carbonyl (C=O) groups is 3. The number of fused-ring (bicyclic) bond motifs is 8. The van der Waals surface area contributed by atoms with Crippen molar-refractivity contribution >= 4 is 68.2 Å². The Morgan fingerprint density at radius 2 is 2.07 bits per heavy atom. The lowest BCUT2D eigenvalue weighted by Crippen LogP contribution is -2.64. The van der Waals surface area contributed by atoms with E-state index in [9.17, 15) is 14.9 Å². The van der Waals surface area contributed by atoms with Crippen LogP contribution in [-0.2, 0) is 36.8 Å². The summed E-state index contributed by atoms with van der Waals surface area (Å²) in [5.41, 5.74) is 8.89. The first kappa shape index (κ1) is 38.9. The molecule has 2 saturated heterocycles. The lowest BCUT2D eigenvalue weighted by molar-refractivity contribution is -0.167. The normalized spacial score (nSPS) is 32.4. The molecule has 2 radical (unpaired) electrons.